The third-order valence-corrected chi connectivity index (χ3v) is 6.83. The van der Waals surface area contributed by atoms with Gasteiger partial charge in [-0.05, 0) is 67.8 Å². The van der Waals surface area contributed by atoms with Crippen LogP contribution in [0.2, 0.25) is 5.02 Å². The van der Waals surface area contributed by atoms with Gasteiger partial charge in [0.25, 0.3) is 17.7 Å². The van der Waals surface area contributed by atoms with Crippen LogP contribution in [0.25, 0.3) is 10.9 Å². The molecule has 1 N–H and O–H groups in total. The molecule has 1 atom stereocenters. The van der Waals surface area contributed by atoms with Crippen LogP contribution in [-0.4, -0.2) is 27.8 Å². The predicted octanol–water partition coefficient (Wildman–Crippen LogP) is 5.29. The molecule has 1 unspecified atom stereocenters. The van der Waals surface area contributed by atoms with Crippen LogP contribution >= 0.6 is 11.6 Å². The molecule has 7 heteroatoms. The first-order valence-corrected chi connectivity index (χ1v) is 11.7. The zero-order valence-electron chi connectivity index (χ0n) is 19.6. The Kier molecular flexibility index (Phi) is 5.49. The number of nitrogens with one attached hydrogen (secondary N) is 1. The highest BCUT2D eigenvalue weighted by Gasteiger charge is 2.55. The third-order valence-electron chi connectivity index (χ3n) is 6.60. The number of hydrogen-bond donors (Lipinski definition) is 1. The minimum Gasteiger partial charge on any atom is -0.350 e. The summed E-state index contributed by atoms with van der Waals surface area (Å²) < 4.78 is 1.34. The topological polar surface area (TPSA) is 71.4 Å². The number of rotatable bonds is 4. The zero-order chi connectivity index (χ0) is 24.9. The lowest BCUT2D eigenvalue weighted by Gasteiger charge is -2.42. The molecule has 2 amide bonds. The van der Waals surface area contributed by atoms with E-state index in [2.05, 4.69) is 5.32 Å². The number of fused-ring (bicyclic) bond motifs is 3. The first-order valence-electron chi connectivity index (χ1n) is 11.3. The molecule has 6 nitrogen and oxygen atoms in total. The summed E-state index contributed by atoms with van der Waals surface area (Å²) in [6.45, 7) is 5.51. The number of benzene rings is 3. The van der Waals surface area contributed by atoms with E-state index in [4.69, 9.17) is 11.6 Å². The largest absolute Gasteiger partial charge is 0.350 e. The number of aromatic nitrogens is 1. The molecule has 0 saturated heterocycles. The molecule has 1 aromatic heterocycles. The van der Waals surface area contributed by atoms with Crippen LogP contribution in [-0.2, 0) is 11.3 Å². The molecule has 3 aromatic carbocycles. The SMILES string of the molecule is Cc1ccc(C)c(N2C(=O)c3cc4cc(Cl)ccc4n3C(=O)C2(C)C(=O)NCc2ccccc2)c1. The van der Waals surface area contributed by atoms with E-state index in [0.29, 0.717) is 21.6 Å². The van der Waals surface area contributed by atoms with Crippen molar-refractivity contribution < 1.29 is 14.4 Å². The van der Waals surface area contributed by atoms with Gasteiger partial charge >= 0.3 is 0 Å². The second-order valence-electron chi connectivity index (χ2n) is 9.04. The molecular weight excluding hydrogens is 462 g/mol. The van der Waals surface area contributed by atoms with Crippen molar-refractivity contribution in [2.24, 2.45) is 0 Å². The highest BCUT2D eigenvalue weighted by molar-refractivity contribution is 6.32. The molecule has 5 rings (SSSR count). The highest BCUT2D eigenvalue weighted by Crippen LogP contribution is 2.38. The van der Waals surface area contributed by atoms with Gasteiger partial charge in [0, 0.05) is 22.6 Å². The average molecular weight is 486 g/mol. The van der Waals surface area contributed by atoms with Crippen LogP contribution in [0.15, 0.2) is 72.8 Å². The summed E-state index contributed by atoms with van der Waals surface area (Å²) in [4.78, 5) is 43.3. The minimum atomic E-state index is -1.82. The van der Waals surface area contributed by atoms with Gasteiger partial charge in [-0.15, -0.1) is 0 Å². The summed E-state index contributed by atoms with van der Waals surface area (Å²) in [7, 11) is 0. The van der Waals surface area contributed by atoms with Gasteiger partial charge in [0.05, 0.1) is 5.52 Å². The molecule has 0 bridgehead atoms. The molecule has 0 spiro atoms. The summed E-state index contributed by atoms with van der Waals surface area (Å²) in [6, 6.07) is 21.8. The molecule has 4 aromatic rings. The Hall–Kier alpha value is -3.90. The van der Waals surface area contributed by atoms with E-state index in [1.54, 1.807) is 24.3 Å². The number of carbonyl (C=O) groups is 3. The Labute approximate surface area is 208 Å². The van der Waals surface area contributed by atoms with Crippen LogP contribution in [0.1, 0.15) is 38.9 Å². The molecule has 176 valence electrons. The van der Waals surface area contributed by atoms with Crippen molar-refractivity contribution in [1.82, 2.24) is 9.88 Å². The molecule has 0 fully saturated rings. The fourth-order valence-corrected chi connectivity index (χ4v) is 4.83. The number of amides is 2. The van der Waals surface area contributed by atoms with Gasteiger partial charge in [-0.3, -0.25) is 23.9 Å². The monoisotopic (exact) mass is 485 g/mol. The maximum atomic E-state index is 14.2. The van der Waals surface area contributed by atoms with Gasteiger partial charge in [-0.25, -0.2) is 0 Å². The van der Waals surface area contributed by atoms with Crippen LogP contribution in [0.5, 0.6) is 0 Å². The number of nitrogens with zero attached hydrogens (tertiary/aromatic N) is 2. The van der Waals surface area contributed by atoms with Crippen molar-refractivity contribution in [1.29, 1.82) is 0 Å². The average Bonchev–Trinajstić information content (AvgIpc) is 3.22. The smallest absolute Gasteiger partial charge is 0.276 e. The summed E-state index contributed by atoms with van der Waals surface area (Å²) in [5, 5.41) is 4.04. The fourth-order valence-electron chi connectivity index (χ4n) is 4.65. The first kappa shape index (κ1) is 22.9. The number of carbonyl (C=O) groups excluding carboxylic acids is 3. The molecule has 1 aliphatic heterocycles. The molecule has 0 radical (unpaired) electrons. The van der Waals surface area contributed by atoms with Crippen molar-refractivity contribution >= 4 is 45.9 Å². The van der Waals surface area contributed by atoms with Gasteiger partial charge in [0.2, 0.25) is 5.54 Å². The lowest BCUT2D eigenvalue weighted by molar-refractivity contribution is -0.124. The quantitative estimate of drug-likeness (QED) is 0.399. The maximum Gasteiger partial charge on any atom is 0.276 e. The minimum absolute atomic E-state index is 0.196. The van der Waals surface area contributed by atoms with Crippen molar-refractivity contribution in [2.75, 3.05) is 4.90 Å². The first-order chi connectivity index (χ1) is 16.7. The Balaban J connectivity index is 1.69. The highest BCUT2D eigenvalue weighted by atomic mass is 35.5. The number of hydrogen-bond acceptors (Lipinski definition) is 3. The van der Waals surface area contributed by atoms with E-state index in [9.17, 15) is 14.4 Å². The lowest BCUT2D eigenvalue weighted by atomic mass is 9.91. The normalized spacial score (nSPS) is 17.5. The van der Waals surface area contributed by atoms with Gasteiger partial charge in [0.15, 0.2) is 0 Å². The van der Waals surface area contributed by atoms with Gasteiger partial charge < -0.3 is 5.32 Å². The number of anilines is 1. The Morgan fingerprint density at radius 1 is 0.971 bits per heavy atom. The van der Waals surface area contributed by atoms with Crippen LogP contribution < -0.4 is 10.2 Å². The van der Waals surface area contributed by atoms with Gasteiger partial charge in [-0.1, -0.05) is 54.1 Å². The molecule has 0 aliphatic carbocycles. The van der Waals surface area contributed by atoms with E-state index >= 15 is 0 Å². The van der Waals surface area contributed by atoms with Crippen LogP contribution in [0, 0.1) is 13.8 Å². The van der Waals surface area contributed by atoms with E-state index in [1.807, 2.05) is 62.4 Å². The van der Waals surface area contributed by atoms with Crippen molar-refractivity contribution in [2.45, 2.75) is 32.9 Å². The van der Waals surface area contributed by atoms with Crippen molar-refractivity contribution in [3.63, 3.8) is 0 Å². The number of aryl methyl sites for hydroxylation is 2. The fraction of sp³-hybridized carbons (Fsp3) is 0.179. The van der Waals surface area contributed by atoms with Crippen LogP contribution in [0.3, 0.4) is 0 Å². The Morgan fingerprint density at radius 3 is 2.46 bits per heavy atom. The van der Waals surface area contributed by atoms with Crippen molar-refractivity contribution in [3.8, 4) is 0 Å². The van der Waals surface area contributed by atoms with Crippen molar-refractivity contribution in [3.05, 3.63) is 100 Å². The molecular formula is C28H24ClN3O3. The maximum absolute atomic E-state index is 14.2. The van der Waals surface area contributed by atoms with E-state index in [0.717, 1.165) is 16.7 Å². The number of halogens is 1. The molecule has 35 heavy (non-hydrogen) atoms. The zero-order valence-corrected chi connectivity index (χ0v) is 20.4. The molecule has 1 aliphatic rings. The Morgan fingerprint density at radius 2 is 1.71 bits per heavy atom. The van der Waals surface area contributed by atoms with Gasteiger partial charge in [-0.2, -0.15) is 0 Å². The second kappa shape index (κ2) is 8.40. The van der Waals surface area contributed by atoms with Crippen LogP contribution in [0.4, 0.5) is 5.69 Å². The van der Waals surface area contributed by atoms with E-state index < -0.39 is 23.3 Å². The van der Waals surface area contributed by atoms with E-state index in [-0.39, 0.29) is 12.2 Å². The van der Waals surface area contributed by atoms with E-state index in [1.165, 1.54) is 16.4 Å². The summed E-state index contributed by atoms with van der Waals surface area (Å²) in [5.41, 5.74) is 2.02. The second-order valence-corrected chi connectivity index (χ2v) is 9.48. The predicted molar refractivity (Wildman–Crippen MR) is 137 cm³/mol. The summed E-state index contributed by atoms with van der Waals surface area (Å²) in [5.74, 6) is -1.49. The molecule has 0 saturated carbocycles. The molecule has 2 heterocycles. The van der Waals surface area contributed by atoms with Gasteiger partial charge in [0.1, 0.15) is 5.69 Å². The summed E-state index contributed by atoms with van der Waals surface area (Å²) >= 11 is 6.17. The standard InChI is InChI=1S/C28H24ClN3O3/c1-17-9-10-18(2)23(13-17)32-25(33)24-15-20-14-21(29)11-12-22(20)31(24)27(35)28(32,3)26(34)30-16-19-7-5-4-6-8-19/h4-15H,16H2,1-3H3,(H,30,34). The lowest BCUT2D eigenvalue weighted by Crippen LogP contribution is -2.68. The Bertz CT molecular complexity index is 1510. The summed E-state index contributed by atoms with van der Waals surface area (Å²) in [6.07, 6.45) is 0. The third kappa shape index (κ3) is 3.61.